The van der Waals surface area contributed by atoms with E-state index in [0.717, 1.165) is 0 Å². The Labute approximate surface area is 109 Å². The lowest BCUT2D eigenvalue weighted by Crippen LogP contribution is -2.47. The van der Waals surface area contributed by atoms with Crippen LogP contribution >= 0.6 is 0 Å². The van der Waals surface area contributed by atoms with Crippen LogP contribution in [-0.2, 0) is 9.53 Å². The third-order valence-electron chi connectivity index (χ3n) is 3.13. The van der Waals surface area contributed by atoms with Crippen molar-refractivity contribution >= 4 is 5.91 Å². The van der Waals surface area contributed by atoms with Crippen LogP contribution in [0.25, 0.3) is 0 Å². The zero-order valence-electron chi connectivity index (χ0n) is 11.2. The van der Waals surface area contributed by atoms with Gasteiger partial charge in [-0.05, 0) is 12.5 Å². The van der Waals surface area contributed by atoms with Gasteiger partial charge in [-0.3, -0.25) is 4.79 Å². The van der Waals surface area contributed by atoms with Gasteiger partial charge >= 0.3 is 0 Å². The highest BCUT2D eigenvalue weighted by Gasteiger charge is 2.19. The third kappa shape index (κ3) is 4.13. The first-order valence-corrected chi connectivity index (χ1v) is 6.16. The van der Waals surface area contributed by atoms with Gasteiger partial charge in [-0.1, -0.05) is 37.3 Å². The molecule has 0 aliphatic heterocycles. The molecule has 0 heterocycles. The van der Waals surface area contributed by atoms with Crippen LogP contribution < -0.4 is 11.1 Å². The summed E-state index contributed by atoms with van der Waals surface area (Å²) in [6, 6.07) is 9.51. The standard InChI is InChI=1S/C14H22N2O2/c1-10(12-7-5-4-6-8-12)11(2)16-14(17)13(15)9-18-3/h4-8,10-11,13H,9,15H2,1-3H3,(H,16,17). The Balaban J connectivity index is 2.55. The van der Waals surface area contributed by atoms with E-state index >= 15 is 0 Å². The summed E-state index contributed by atoms with van der Waals surface area (Å²) in [4.78, 5) is 11.8. The summed E-state index contributed by atoms with van der Waals surface area (Å²) < 4.78 is 4.87. The van der Waals surface area contributed by atoms with Crippen molar-refractivity contribution in [2.24, 2.45) is 5.73 Å². The average Bonchev–Trinajstić information content (AvgIpc) is 2.39. The second-order valence-electron chi connectivity index (χ2n) is 4.56. The molecule has 100 valence electrons. The van der Waals surface area contributed by atoms with Crippen LogP contribution in [0.15, 0.2) is 30.3 Å². The molecule has 1 rings (SSSR count). The van der Waals surface area contributed by atoms with E-state index in [1.807, 2.05) is 25.1 Å². The van der Waals surface area contributed by atoms with E-state index in [2.05, 4.69) is 24.4 Å². The molecule has 1 amide bonds. The van der Waals surface area contributed by atoms with E-state index in [1.54, 1.807) is 0 Å². The van der Waals surface area contributed by atoms with Gasteiger partial charge in [-0.15, -0.1) is 0 Å². The number of nitrogens with one attached hydrogen (secondary N) is 1. The first kappa shape index (κ1) is 14.7. The molecule has 0 aromatic heterocycles. The Hall–Kier alpha value is -1.39. The van der Waals surface area contributed by atoms with Gasteiger partial charge in [0.1, 0.15) is 6.04 Å². The van der Waals surface area contributed by atoms with Crippen LogP contribution in [0, 0.1) is 0 Å². The minimum atomic E-state index is -0.611. The molecular formula is C14H22N2O2. The van der Waals surface area contributed by atoms with Crippen LogP contribution in [0.2, 0.25) is 0 Å². The zero-order valence-corrected chi connectivity index (χ0v) is 11.2. The van der Waals surface area contributed by atoms with Gasteiger partial charge in [0.2, 0.25) is 5.91 Å². The molecule has 0 fully saturated rings. The summed E-state index contributed by atoms with van der Waals surface area (Å²) in [6.07, 6.45) is 0. The fourth-order valence-corrected chi connectivity index (χ4v) is 1.76. The molecule has 4 heteroatoms. The summed E-state index contributed by atoms with van der Waals surface area (Å²) in [5.41, 5.74) is 6.88. The number of carbonyl (C=O) groups is 1. The van der Waals surface area contributed by atoms with Gasteiger partial charge < -0.3 is 15.8 Å². The van der Waals surface area contributed by atoms with Crippen molar-refractivity contribution in [3.8, 4) is 0 Å². The molecular weight excluding hydrogens is 228 g/mol. The van der Waals surface area contributed by atoms with E-state index in [0.29, 0.717) is 0 Å². The maximum atomic E-state index is 11.8. The number of amides is 1. The maximum Gasteiger partial charge on any atom is 0.239 e. The predicted molar refractivity (Wildman–Crippen MR) is 72.3 cm³/mol. The van der Waals surface area contributed by atoms with Crippen molar-refractivity contribution in [1.29, 1.82) is 0 Å². The molecule has 0 aliphatic carbocycles. The van der Waals surface area contributed by atoms with Crippen molar-refractivity contribution < 1.29 is 9.53 Å². The molecule has 3 unspecified atom stereocenters. The van der Waals surface area contributed by atoms with E-state index in [4.69, 9.17) is 10.5 Å². The fraction of sp³-hybridized carbons (Fsp3) is 0.500. The highest BCUT2D eigenvalue weighted by molar-refractivity contribution is 5.81. The minimum Gasteiger partial charge on any atom is -0.383 e. The molecule has 0 saturated carbocycles. The predicted octanol–water partition coefficient (Wildman–Crippen LogP) is 1.27. The second kappa shape index (κ2) is 7.13. The Morgan fingerprint density at radius 2 is 1.94 bits per heavy atom. The van der Waals surface area contributed by atoms with Crippen molar-refractivity contribution in [3.05, 3.63) is 35.9 Å². The molecule has 1 aromatic rings. The van der Waals surface area contributed by atoms with Crippen LogP contribution in [0.4, 0.5) is 0 Å². The van der Waals surface area contributed by atoms with E-state index in [1.165, 1.54) is 12.7 Å². The number of methoxy groups -OCH3 is 1. The Morgan fingerprint density at radius 1 is 1.33 bits per heavy atom. The topological polar surface area (TPSA) is 64.3 Å². The van der Waals surface area contributed by atoms with Gasteiger partial charge in [0.25, 0.3) is 0 Å². The van der Waals surface area contributed by atoms with Gasteiger partial charge in [-0.25, -0.2) is 0 Å². The molecule has 0 saturated heterocycles. The lowest BCUT2D eigenvalue weighted by Gasteiger charge is -2.23. The van der Waals surface area contributed by atoms with Crippen LogP contribution in [0.3, 0.4) is 0 Å². The van der Waals surface area contributed by atoms with Crippen molar-refractivity contribution in [2.75, 3.05) is 13.7 Å². The molecule has 0 radical (unpaired) electrons. The quantitative estimate of drug-likeness (QED) is 0.799. The van der Waals surface area contributed by atoms with E-state index in [-0.39, 0.29) is 24.5 Å². The second-order valence-corrected chi connectivity index (χ2v) is 4.56. The van der Waals surface area contributed by atoms with E-state index in [9.17, 15) is 4.79 Å². The summed E-state index contributed by atoms with van der Waals surface area (Å²) in [6.45, 7) is 4.30. The van der Waals surface area contributed by atoms with Crippen LogP contribution in [-0.4, -0.2) is 31.7 Å². The Morgan fingerprint density at radius 3 is 2.50 bits per heavy atom. The number of nitrogens with two attached hydrogens (primary N) is 1. The molecule has 4 nitrogen and oxygen atoms in total. The van der Waals surface area contributed by atoms with Gasteiger partial charge in [-0.2, -0.15) is 0 Å². The molecule has 0 bridgehead atoms. The summed E-state index contributed by atoms with van der Waals surface area (Å²) in [5.74, 6) is 0.0667. The number of hydrogen-bond donors (Lipinski definition) is 2. The molecule has 0 aliphatic rings. The molecule has 3 N–H and O–H groups in total. The Bertz CT molecular complexity index is 367. The molecule has 3 atom stereocenters. The van der Waals surface area contributed by atoms with E-state index < -0.39 is 6.04 Å². The average molecular weight is 250 g/mol. The lowest BCUT2D eigenvalue weighted by atomic mass is 9.94. The van der Waals surface area contributed by atoms with Crippen LogP contribution in [0.1, 0.15) is 25.3 Å². The highest BCUT2D eigenvalue weighted by atomic mass is 16.5. The zero-order chi connectivity index (χ0) is 13.5. The van der Waals surface area contributed by atoms with Gasteiger partial charge in [0, 0.05) is 19.1 Å². The van der Waals surface area contributed by atoms with Gasteiger partial charge in [0.05, 0.1) is 6.61 Å². The summed E-state index contributed by atoms with van der Waals surface area (Å²) >= 11 is 0. The summed E-state index contributed by atoms with van der Waals surface area (Å²) in [5, 5.41) is 2.92. The third-order valence-corrected chi connectivity index (χ3v) is 3.13. The number of rotatable bonds is 6. The fourth-order valence-electron chi connectivity index (χ4n) is 1.76. The molecule has 0 spiro atoms. The monoisotopic (exact) mass is 250 g/mol. The van der Waals surface area contributed by atoms with Crippen molar-refractivity contribution in [1.82, 2.24) is 5.32 Å². The number of hydrogen-bond acceptors (Lipinski definition) is 3. The minimum absolute atomic E-state index is 0.0304. The first-order valence-electron chi connectivity index (χ1n) is 6.16. The number of ether oxygens (including phenoxy) is 1. The molecule has 1 aromatic carbocycles. The van der Waals surface area contributed by atoms with Crippen LogP contribution in [0.5, 0.6) is 0 Å². The largest absolute Gasteiger partial charge is 0.383 e. The van der Waals surface area contributed by atoms with Crippen molar-refractivity contribution in [2.45, 2.75) is 31.8 Å². The Kier molecular flexibility index (Phi) is 5.82. The maximum absolute atomic E-state index is 11.8. The lowest BCUT2D eigenvalue weighted by molar-refractivity contribution is -0.124. The highest BCUT2D eigenvalue weighted by Crippen LogP contribution is 2.18. The molecule has 18 heavy (non-hydrogen) atoms. The number of carbonyl (C=O) groups excluding carboxylic acids is 1. The summed E-state index contributed by atoms with van der Waals surface area (Å²) in [7, 11) is 1.53. The SMILES string of the molecule is COCC(N)C(=O)NC(C)C(C)c1ccccc1. The number of benzene rings is 1. The normalized spacial score (nSPS) is 15.8. The van der Waals surface area contributed by atoms with Crippen molar-refractivity contribution in [3.63, 3.8) is 0 Å². The van der Waals surface area contributed by atoms with Gasteiger partial charge in [0.15, 0.2) is 0 Å². The smallest absolute Gasteiger partial charge is 0.239 e. The first-order chi connectivity index (χ1) is 8.56.